The van der Waals surface area contributed by atoms with E-state index in [2.05, 4.69) is 10.5 Å². The SMILES string of the molecule is [B]NC(=O)C(C)(C)CC(C)(C)C(C)C(O)NC(C)(C)CCO. The molecule has 1 amide bonds. The topological polar surface area (TPSA) is 81.6 Å². The van der Waals surface area contributed by atoms with Crippen LogP contribution in [0.15, 0.2) is 0 Å². The summed E-state index contributed by atoms with van der Waals surface area (Å²) in [7, 11) is 5.24. The molecule has 0 aliphatic heterocycles. The maximum Gasteiger partial charge on any atom is 0.226 e. The van der Waals surface area contributed by atoms with E-state index in [-0.39, 0.29) is 29.4 Å². The van der Waals surface area contributed by atoms with Crippen molar-refractivity contribution < 1.29 is 15.0 Å². The summed E-state index contributed by atoms with van der Waals surface area (Å²) < 4.78 is 0. The fourth-order valence-corrected chi connectivity index (χ4v) is 2.88. The molecule has 0 saturated heterocycles. The first-order valence-corrected chi connectivity index (χ1v) is 7.87. The van der Waals surface area contributed by atoms with Gasteiger partial charge in [-0.25, -0.2) is 0 Å². The Hall–Kier alpha value is -0.585. The molecule has 0 fully saturated rings. The molecule has 2 atom stereocenters. The number of rotatable bonds is 9. The second kappa shape index (κ2) is 7.80. The van der Waals surface area contributed by atoms with Crippen LogP contribution in [0, 0.1) is 16.7 Å². The van der Waals surface area contributed by atoms with E-state index in [0.29, 0.717) is 12.8 Å². The van der Waals surface area contributed by atoms with Crippen molar-refractivity contribution in [2.24, 2.45) is 16.7 Å². The van der Waals surface area contributed by atoms with Crippen molar-refractivity contribution in [3.63, 3.8) is 0 Å². The first kappa shape index (κ1) is 21.4. The number of carbonyl (C=O) groups is 1. The van der Waals surface area contributed by atoms with Crippen molar-refractivity contribution in [2.45, 2.75) is 73.1 Å². The van der Waals surface area contributed by atoms with Gasteiger partial charge in [-0.2, -0.15) is 0 Å². The fraction of sp³-hybridized carbons (Fsp3) is 0.938. The third-order valence-electron chi connectivity index (χ3n) is 4.63. The zero-order valence-electron chi connectivity index (χ0n) is 15.2. The molecule has 0 bridgehead atoms. The van der Waals surface area contributed by atoms with E-state index in [1.54, 1.807) is 0 Å². The van der Waals surface area contributed by atoms with E-state index in [9.17, 15) is 9.90 Å². The maximum absolute atomic E-state index is 11.9. The monoisotopic (exact) mass is 312 g/mol. The van der Waals surface area contributed by atoms with Crippen LogP contribution in [-0.2, 0) is 4.79 Å². The summed E-state index contributed by atoms with van der Waals surface area (Å²) in [6.07, 6.45) is 0.412. The number of amides is 1. The zero-order chi connectivity index (χ0) is 17.8. The summed E-state index contributed by atoms with van der Waals surface area (Å²) in [6.45, 7) is 13.7. The molecule has 0 aliphatic carbocycles. The molecule has 0 saturated carbocycles. The quantitative estimate of drug-likeness (QED) is 0.382. The summed E-state index contributed by atoms with van der Waals surface area (Å²) >= 11 is 0. The minimum Gasteiger partial charge on any atom is -0.409 e. The number of nitrogens with one attached hydrogen (secondary N) is 2. The standard InChI is InChI=1S/C16H33BN2O3/c1-11(12(21)18-16(6,7)8-9-20)14(2,3)10-15(4,5)13(22)19-17/h11-12,18,20-21H,8-10H2,1-7H3,(H,19,22). The molecule has 0 rings (SSSR count). The highest BCUT2D eigenvalue weighted by Gasteiger charge is 2.40. The largest absolute Gasteiger partial charge is 0.409 e. The van der Waals surface area contributed by atoms with Gasteiger partial charge in [0.2, 0.25) is 13.9 Å². The number of aliphatic hydroxyl groups is 2. The number of hydrogen-bond donors (Lipinski definition) is 4. The van der Waals surface area contributed by atoms with Crippen LogP contribution in [0.25, 0.3) is 0 Å². The van der Waals surface area contributed by atoms with Crippen molar-refractivity contribution >= 4 is 13.9 Å². The molecule has 128 valence electrons. The first-order valence-electron chi connectivity index (χ1n) is 7.87. The molecule has 6 heteroatoms. The maximum atomic E-state index is 11.9. The van der Waals surface area contributed by atoms with E-state index in [4.69, 9.17) is 13.1 Å². The van der Waals surface area contributed by atoms with E-state index < -0.39 is 11.6 Å². The Kier molecular flexibility index (Phi) is 7.59. The highest BCUT2D eigenvalue weighted by molar-refractivity contribution is 6.15. The summed E-state index contributed by atoms with van der Waals surface area (Å²) in [5, 5.41) is 24.9. The lowest BCUT2D eigenvalue weighted by Gasteiger charge is -2.42. The Balaban J connectivity index is 4.94. The fourth-order valence-electron chi connectivity index (χ4n) is 2.88. The van der Waals surface area contributed by atoms with Crippen molar-refractivity contribution in [3.8, 4) is 0 Å². The molecule has 0 aliphatic rings. The van der Waals surface area contributed by atoms with E-state index >= 15 is 0 Å². The molecule has 0 spiro atoms. The molecule has 22 heavy (non-hydrogen) atoms. The van der Waals surface area contributed by atoms with Crippen molar-refractivity contribution in [3.05, 3.63) is 0 Å². The lowest BCUT2D eigenvalue weighted by Crippen LogP contribution is -2.52. The Morgan fingerprint density at radius 2 is 1.68 bits per heavy atom. The predicted molar refractivity (Wildman–Crippen MR) is 90.2 cm³/mol. The summed E-state index contributed by atoms with van der Waals surface area (Å²) in [6, 6.07) is 0. The molecule has 4 N–H and O–H groups in total. The van der Waals surface area contributed by atoms with E-state index in [1.165, 1.54) is 0 Å². The van der Waals surface area contributed by atoms with Gasteiger partial charge in [0.25, 0.3) is 0 Å². The third-order valence-corrected chi connectivity index (χ3v) is 4.63. The van der Waals surface area contributed by atoms with Crippen molar-refractivity contribution in [2.75, 3.05) is 6.61 Å². The molecular formula is C16H33BN2O3. The van der Waals surface area contributed by atoms with Crippen LogP contribution in [0.4, 0.5) is 0 Å². The first-order chi connectivity index (χ1) is 9.79. The van der Waals surface area contributed by atoms with Crippen LogP contribution in [0.3, 0.4) is 0 Å². The van der Waals surface area contributed by atoms with Gasteiger partial charge in [0.05, 0.1) is 0 Å². The smallest absolute Gasteiger partial charge is 0.226 e. The number of hydrogen-bond acceptors (Lipinski definition) is 4. The normalized spacial score (nSPS) is 16.2. The van der Waals surface area contributed by atoms with Gasteiger partial charge in [-0.3, -0.25) is 10.1 Å². The van der Waals surface area contributed by atoms with Gasteiger partial charge in [0, 0.05) is 23.5 Å². The van der Waals surface area contributed by atoms with Crippen LogP contribution in [0.2, 0.25) is 0 Å². The second-order valence-electron chi connectivity index (χ2n) is 8.26. The van der Waals surface area contributed by atoms with E-state index in [1.807, 2.05) is 48.5 Å². The van der Waals surface area contributed by atoms with Gasteiger partial charge in [-0.1, -0.05) is 34.6 Å². The van der Waals surface area contributed by atoms with Crippen LogP contribution in [-0.4, -0.2) is 42.5 Å². The van der Waals surface area contributed by atoms with Gasteiger partial charge in [-0.05, 0) is 32.1 Å². The summed E-state index contributed by atoms with van der Waals surface area (Å²) in [5.41, 5.74) is -1.26. The average molecular weight is 312 g/mol. The van der Waals surface area contributed by atoms with Gasteiger partial charge >= 0.3 is 0 Å². The Labute approximate surface area is 136 Å². The van der Waals surface area contributed by atoms with Crippen LogP contribution < -0.4 is 10.5 Å². The van der Waals surface area contributed by atoms with Gasteiger partial charge in [0.1, 0.15) is 6.23 Å². The molecule has 0 aromatic carbocycles. The predicted octanol–water partition coefficient (Wildman–Crippen LogP) is 1.33. The lowest BCUT2D eigenvalue weighted by atomic mass is 9.67. The Morgan fingerprint density at radius 3 is 2.09 bits per heavy atom. The van der Waals surface area contributed by atoms with Gasteiger partial charge < -0.3 is 15.4 Å². The van der Waals surface area contributed by atoms with Gasteiger partial charge in [-0.15, -0.1) is 0 Å². The lowest BCUT2D eigenvalue weighted by molar-refractivity contribution is -0.130. The van der Waals surface area contributed by atoms with Gasteiger partial charge in [0.15, 0.2) is 0 Å². The summed E-state index contributed by atoms with van der Waals surface area (Å²) in [4.78, 5) is 11.9. The molecule has 2 unspecified atom stereocenters. The number of aliphatic hydroxyl groups excluding tert-OH is 2. The van der Waals surface area contributed by atoms with Crippen LogP contribution in [0.5, 0.6) is 0 Å². The molecular weight excluding hydrogens is 279 g/mol. The average Bonchev–Trinajstić information content (AvgIpc) is 2.34. The Morgan fingerprint density at radius 1 is 1.18 bits per heavy atom. The Bertz CT molecular complexity index is 370. The minimum atomic E-state index is -0.728. The van der Waals surface area contributed by atoms with E-state index in [0.717, 1.165) is 0 Å². The van der Waals surface area contributed by atoms with Crippen molar-refractivity contribution in [1.29, 1.82) is 0 Å². The van der Waals surface area contributed by atoms with Crippen LogP contribution >= 0.6 is 0 Å². The molecule has 0 heterocycles. The molecule has 0 aromatic rings. The van der Waals surface area contributed by atoms with Crippen LogP contribution in [0.1, 0.15) is 61.3 Å². The zero-order valence-corrected chi connectivity index (χ0v) is 15.2. The van der Waals surface area contributed by atoms with Crippen molar-refractivity contribution in [1.82, 2.24) is 10.5 Å². The second-order valence-corrected chi connectivity index (χ2v) is 8.26. The molecule has 5 nitrogen and oxygen atoms in total. The third kappa shape index (κ3) is 6.27. The minimum absolute atomic E-state index is 0.0637. The summed E-state index contributed by atoms with van der Waals surface area (Å²) in [5.74, 6) is -0.300. The molecule has 2 radical (unpaired) electrons. The number of carbonyl (C=O) groups excluding carboxylic acids is 1. The highest BCUT2D eigenvalue weighted by atomic mass is 16.3. The molecule has 0 aromatic heterocycles. The highest BCUT2D eigenvalue weighted by Crippen LogP contribution is 2.40.